The third kappa shape index (κ3) is 7.20. The Morgan fingerprint density at radius 2 is 1.92 bits per heavy atom. The number of pyridine rings is 1. The van der Waals surface area contributed by atoms with Crippen LogP contribution in [0.3, 0.4) is 0 Å². The molecule has 2 saturated carbocycles. The van der Waals surface area contributed by atoms with Crippen LogP contribution in [0.5, 0.6) is 0 Å². The van der Waals surface area contributed by atoms with E-state index in [0.717, 1.165) is 42.1 Å². The summed E-state index contributed by atoms with van der Waals surface area (Å²) in [6.45, 7) is 7.11. The monoisotopic (exact) mass is 517 g/mol. The molecule has 1 amide bonds. The van der Waals surface area contributed by atoms with E-state index in [4.69, 9.17) is 9.68 Å². The van der Waals surface area contributed by atoms with Crippen molar-refractivity contribution >= 4 is 29.0 Å². The van der Waals surface area contributed by atoms with Crippen molar-refractivity contribution in [1.29, 1.82) is 5.26 Å². The number of benzene rings is 1. The molecule has 4 atom stereocenters. The average molecular weight is 518 g/mol. The van der Waals surface area contributed by atoms with Crippen LogP contribution in [0.4, 0.5) is 5.82 Å². The molecule has 3 N–H and O–H groups in total. The summed E-state index contributed by atoms with van der Waals surface area (Å²) < 4.78 is 5.36. The Kier molecular flexibility index (Phi) is 10.4. The highest BCUT2D eigenvalue weighted by Gasteiger charge is 2.42. The van der Waals surface area contributed by atoms with Crippen LogP contribution in [0.25, 0.3) is 11.0 Å². The Morgan fingerprint density at radius 3 is 2.61 bits per heavy atom. The zero-order valence-electron chi connectivity index (χ0n) is 23.0. The number of furan rings is 1. The zero-order valence-corrected chi connectivity index (χ0v) is 23.0. The fourth-order valence-corrected chi connectivity index (χ4v) is 5.25. The van der Waals surface area contributed by atoms with E-state index >= 15 is 0 Å². The number of aldehydes is 1. The van der Waals surface area contributed by atoms with Gasteiger partial charge in [0.25, 0.3) is 5.91 Å². The number of nitriles is 1. The number of amides is 1. The molecular formula is C30H39N5O3. The van der Waals surface area contributed by atoms with Gasteiger partial charge in [0, 0.05) is 30.6 Å². The average Bonchev–Trinajstić information content (AvgIpc) is 3.58. The van der Waals surface area contributed by atoms with Gasteiger partial charge < -0.3 is 20.4 Å². The van der Waals surface area contributed by atoms with E-state index in [1.807, 2.05) is 51.2 Å². The zero-order chi connectivity index (χ0) is 27.7. The number of hydrogen-bond donors (Lipinski definition) is 3. The number of aromatic nitrogens is 1. The van der Waals surface area contributed by atoms with Gasteiger partial charge in [-0.1, -0.05) is 32.9 Å². The molecule has 5 rings (SSSR count). The van der Waals surface area contributed by atoms with Crippen LogP contribution in [0.1, 0.15) is 78.5 Å². The molecule has 2 aliphatic rings. The minimum Gasteiger partial charge on any atom is -0.443 e. The third-order valence-electron chi connectivity index (χ3n) is 7.03. The summed E-state index contributed by atoms with van der Waals surface area (Å²) in [5.41, 5.74) is 2.61. The van der Waals surface area contributed by atoms with Crippen molar-refractivity contribution in [1.82, 2.24) is 15.6 Å². The van der Waals surface area contributed by atoms with E-state index in [2.05, 4.69) is 27.9 Å². The van der Waals surface area contributed by atoms with Gasteiger partial charge >= 0.3 is 0 Å². The van der Waals surface area contributed by atoms with E-state index in [1.54, 1.807) is 19.3 Å². The molecule has 2 heterocycles. The topological polar surface area (TPSA) is 120 Å². The van der Waals surface area contributed by atoms with Crippen molar-refractivity contribution in [2.45, 2.75) is 59.0 Å². The minimum atomic E-state index is -0.0436. The number of carbonyl (C=O) groups is 2. The number of fused-ring (bicyclic) bond motifs is 2. The molecule has 202 valence electrons. The predicted octanol–water partition coefficient (Wildman–Crippen LogP) is 5.54. The van der Waals surface area contributed by atoms with Crippen LogP contribution in [0, 0.1) is 29.1 Å². The van der Waals surface area contributed by atoms with E-state index in [0.29, 0.717) is 34.4 Å². The molecule has 0 saturated heterocycles. The summed E-state index contributed by atoms with van der Waals surface area (Å²) in [4.78, 5) is 26.9. The van der Waals surface area contributed by atoms with Gasteiger partial charge in [0.15, 0.2) is 11.9 Å². The highest BCUT2D eigenvalue weighted by Crippen LogP contribution is 2.50. The first-order chi connectivity index (χ1) is 18.4. The second kappa shape index (κ2) is 13.7. The highest BCUT2D eigenvalue weighted by atomic mass is 16.3. The number of rotatable bonds is 6. The van der Waals surface area contributed by atoms with Gasteiger partial charge in [0.1, 0.15) is 11.9 Å². The lowest BCUT2D eigenvalue weighted by molar-refractivity contribution is 0.0962. The molecule has 2 aliphatic carbocycles. The van der Waals surface area contributed by atoms with Gasteiger partial charge in [-0.15, -0.1) is 0 Å². The van der Waals surface area contributed by atoms with Crippen molar-refractivity contribution in [3.05, 3.63) is 59.0 Å². The van der Waals surface area contributed by atoms with Crippen LogP contribution in [0.2, 0.25) is 0 Å². The van der Waals surface area contributed by atoms with Gasteiger partial charge in [-0.05, 0) is 74.2 Å². The van der Waals surface area contributed by atoms with E-state index in [1.165, 1.54) is 19.3 Å². The van der Waals surface area contributed by atoms with Crippen molar-refractivity contribution in [2.75, 3.05) is 19.4 Å². The van der Waals surface area contributed by atoms with Gasteiger partial charge in [0.05, 0.1) is 11.8 Å². The van der Waals surface area contributed by atoms with Gasteiger partial charge in [-0.25, -0.2) is 4.98 Å². The fourth-order valence-electron chi connectivity index (χ4n) is 5.25. The van der Waals surface area contributed by atoms with Crippen LogP contribution in [-0.2, 0) is 6.54 Å². The number of nitrogens with zero attached hydrogens (tertiary/aromatic N) is 2. The number of nitrogens with one attached hydrogen (secondary N) is 3. The molecule has 8 heteroatoms. The normalized spacial score (nSPS) is 21.3. The molecule has 2 fully saturated rings. The lowest BCUT2D eigenvalue weighted by Gasteiger charge is -2.20. The van der Waals surface area contributed by atoms with Crippen LogP contribution in [0.15, 0.2) is 40.9 Å². The molecular weight excluding hydrogens is 478 g/mol. The number of carbonyl (C=O) groups excluding carboxylic acids is 2. The highest BCUT2D eigenvalue weighted by molar-refractivity contribution is 5.99. The lowest BCUT2D eigenvalue weighted by atomic mass is 9.98. The quantitative estimate of drug-likeness (QED) is 0.367. The Balaban J connectivity index is 0.000000228. The summed E-state index contributed by atoms with van der Waals surface area (Å²) in [6.07, 6.45) is 7.34. The summed E-state index contributed by atoms with van der Waals surface area (Å²) in [7, 11) is 3.51. The second-order valence-corrected chi connectivity index (χ2v) is 9.86. The van der Waals surface area contributed by atoms with Gasteiger partial charge in [-0.3, -0.25) is 9.59 Å². The minimum absolute atomic E-state index is 0.0436. The maximum absolute atomic E-state index is 11.2. The van der Waals surface area contributed by atoms with Gasteiger partial charge in [-0.2, -0.15) is 5.26 Å². The number of hydrogen-bond acceptors (Lipinski definition) is 7. The Morgan fingerprint density at radius 1 is 1.16 bits per heavy atom. The first kappa shape index (κ1) is 28.9. The molecule has 38 heavy (non-hydrogen) atoms. The third-order valence-corrected chi connectivity index (χ3v) is 7.03. The predicted molar refractivity (Wildman–Crippen MR) is 150 cm³/mol. The van der Waals surface area contributed by atoms with Crippen molar-refractivity contribution < 1.29 is 14.0 Å². The molecule has 0 spiro atoms. The van der Waals surface area contributed by atoms with E-state index < -0.39 is 0 Å². The second-order valence-electron chi connectivity index (χ2n) is 9.86. The Hall–Kier alpha value is -3.70. The van der Waals surface area contributed by atoms with E-state index in [-0.39, 0.29) is 11.7 Å². The first-order valence-electron chi connectivity index (χ1n) is 13.5. The van der Waals surface area contributed by atoms with E-state index in [9.17, 15) is 9.59 Å². The van der Waals surface area contributed by atoms with Crippen LogP contribution in [-0.4, -0.2) is 37.3 Å². The lowest BCUT2D eigenvalue weighted by Crippen LogP contribution is -2.22. The molecule has 0 bridgehead atoms. The SMILES string of the molecule is CC.CC1CC(Nc2cc3c(C=O)c(C#N)oc3cn2)CC2CC2C1.CNCc1cccc(C(=O)NC)c1. The maximum atomic E-state index is 11.2. The molecule has 3 aromatic rings. The summed E-state index contributed by atoms with van der Waals surface area (Å²) in [5, 5.41) is 18.8. The summed E-state index contributed by atoms with van der Waals surface area (Å²) in [6, 6.07) is 11.7. The molecule has 0 aliphatic heterocycles. The van der Waals surface area contributed by atoms with Crippen molar-refractivity contribution in [3.8, 4) is 6.07 Å². The van der Waals surface area contributed by atoms with Crippen LogP contribution < -0.4 is 16.0 Å². The first-order valence-corrected chi connectivity index (χ1v) is 13.5. The molecule has 1 aromatic carbocycles. The maximum Gasteiger partial charge on any atom is 0.251 e. The summed E-state index contributed by atoms with van der Waals surface area (Å²) >= 11 is 0. The van der Waals surface area contributed by atoms with Crippen molar-refractivity contribution in [3.63, 3.8) is 0 Å². The van der Waals surface area contributed by atoms with Crippen molar-refractivity contribution in [2.24, 2.45) is 17.8 Å². The van der Waals surface area contributed by atoms with Crippen LogP contribution >= 0.6 is 0 Å². The number of anilines is 1. The molecule has 0 radical (unpaired) electrons. The Labute approximate surface area is 225 Å². The fraction of sp³-hybridized carbons (Fsp3) is 0.467. The van der Waals surface area contributed by atoms with Gasteiger partial charge in [0.2, 0.25) is 5.76 Å². The smallest absolute Gasteiger partial charge is 0.251 e. The molecule has 2 aromatic heterocycles. The molecule has 8 nitrogen and oxygen atoms in total. The standard InChI is InChI=1S/C18H19N3O2.C10H14N2O.C2H6/c1-10-2-11-4-12(11)5-13(3-10)21-18-6-14-15(9-22)16(7-19)23-17(14)8-20-18;1-11-7-8-4-3-5-9(6-8)10(13)12-2;1-2/h6,8-13H,2-5H2,1H3,(H,20,21);3-6,11H,7H2,1-2H3,(H,12,13);1-2H3. The summed E-state index contributed by atoms with van der Waals surface area (Å²) in [5.74, 6) is 3.29. The Bertz CT molecular complexity index is 1280. The molecule has 4 unspecified atom stereocenters. The largest absolute Gasteiger partial charge is 0.443 e.